The summed E-state index contributed by atoms with van der Waals surface area (Å²) in [5.41, 5.74) is 4.36. The number of amides is 1. The third-order valence-electron chi connectivity index (χ3n) is 5.70. The molecule has 1 amide bonds. The van der Waals surface area contributed by atoms with Crippen molar-refractivity contribution in [3.63, 3.8) is 0 Å². The Bertz CT molecular complexity index is 1080. The molecule has 162 valence electrons. The first kappa shape index (κ1) is 20.9. The van der Waals surface area contributed by atoms with E-state index < -0.39 is 0 Å². The van der Waals surface area contributed by atoms with Gasteiger partial charge in [0.2, 0.25) is 5.91 Å². The highest BCUT2D eigenvalue weighted by Gasteiger charge is 2.31. The zero-order chi connectivity index (χ0) is 22.0. The van der Waals surface area contributed by atoms with Crippen molar-refractivity contribution in [1.82, 2.24) is 14.7 Å². The second-order valence-corrected chi connectivity index (χ2v) is 7.78. The smallest absolute Gasteiger partial charge is 0.239 e. The van der Waals surface area contributed by atoms with E-state index in [1.165, 1.54) is 5.56 Å². The van der Waals surface area contributed by atoms with Crippen LogP contribution in [-0.4, -0.2) is 47.9 Å². The molecule has 0 spiro atoms. The molecule has 0 radical (unpaired) electrons. The predicted molar refractivity (Wildman–Crippen MR) is 120 cm³/mol. The number of hydrogen-bond acceptors (Lipinski definition) is 5. The van der Waals surface area contributed by atoms with Crippen LogP contribution in [0.4, 0.5) is 5.82 Å². The van der Waals surface area contributed by atoms with Crippen LogP contribution in [0.3, 0.4) is 0 Å². The van der Waals surface area contributed by atoms with Gasteiger partial charge in [-0.25, -0.2) is 0 Å². The van der Waals surface area contributed by atoms with Crippen LogP contribution in [0.15, 0.2) is 48.5 Å². The lowest BCUT2D eigenvalue weighted by Gasteiger charge is -2.37. The summed E-state index contributed by atoms with van der Waals surface area (Å²) in [7, 11) is 5.12. The fraction of sp³-hybridized carbons (Fsp3) is 0.333. The van der Waals surface area contributed by atoms with Gasteiger partial charge in [0.1, 0.15) is 5.82 Å². The van der Waals surface area contributed by atoms with E-state index in [2.05, 4.69) is 33.5 Å². The number of aromatic nitrogens is 2. The van der Waals surface area contributed by atoms with Crippen molar-refractivity contribution in [1.29, 1.82) is 0 Å². The summed E-state index contributed by atoms with van der Waals surface area (Å²) in [4.78, 5) is 15.1. The molecule has 2 heterocycles. The maximum absolute atomic E-state index is 12.9. The van der Waals surface area contributed by atoms with Crippen molar-refractivity contribution in [2.45, 2.75) is 19.4 Å². The van der Waals surface area contributed by atoms with Crippen molar-refractivity contribution in [2.75, 3.05) is 32.6 Å². The van der Waals surface area contributed by atoms with Crippen molar-refractivity contribution < 1.29 is 14.3 Å². The van der Waals surface area contributed by atoms with E-state index >= 15 is 0 Å². The van der Waals surface area contributed by atoms with Crippen LogP contribution in [0.1, 0.15) is 28.4 Å². The van der Waals surface area contributed by atoms with Crippen molar-refractivity contribution in [3.8, 4) is 11.5 Å². The largest absolute Gasteiger partial charge is 0.493 e. The Labute approximate surface area is 182 Å². The Morgan fingerprint density at radius 2 is 1.84 bits per heavy atom. The zero-order valence-electron chi connectivity index (χ0n) is 18.4. The number of nitrogens with one attached hydrogen (secondary N) is 1. The average Bonchev–Trinajstić information content (AvgIpc) is 3.09. The molecular weight excluding hydrogens is 392 g/mol. The van der Waals surface area contributed by atoms with Gasteiger partial charge < -0.3 is 14.8 Å². The third kappa shape index (κ3) is 4.27. The van der Waals surface area contributed by atoms with Crippen molar-refractivity contribution in [2.24, 2.45) is 7.05 Å². The number of carbonyl (C=O) groups excluding carboxylic acids is 1. The van der Waals surface area contributed by atoms with E-state index in [1.807, 2.05) is 44.3 Å². The lowest BCUT2D eigenvalue weighted by Crippen LogP contribution is -2.41. The van der Waals surface area contributed by atoms with Crippen LogP contribution in [0.2, 0.25) is 0 Å². The molecule has 0 fully saturated rings. The maximum atomic E-state index is 12.9. The normalized spacial score (nSPS) is 15.9. The van der Waals surface area contributed by atoms with Gasteiger partial charge in [0.25, 0.3) is 0 Å². The molecule has 3 aromatic rings. The van der Waals surface area contributed by atoms with Gasteiger partial charge in [-0.2, -0.15) is 5.10 Å². The SMILES string of the molecule is COc1cc2c(cc1OC)[C@H](c1ccccc1)N(CC(=O)Nc1cc(C)nn1C)CC2. The molecule has 1 aliphatic rings. The average molecular weight is 421 g/mol. The molecule has 1 N–H and O–H groups in total. The van der Waals surface area contributed by atoms with Gasteiger partial charge >= 0.3 is 0 Å². The van der Waals surface area contributed by atoms with E-state index in [0.717, 1.165) is 35.5 Å². The summed E-state index contributed by atoms with van der Waals surface area (Å²) >= 11 is 0. The lowest BCUT2D eigenvalue weighted by molar-refractivity contribution is -0.117. The molecule has 1 aromatic heterocycles. The summed E-state index contributed by atoms with van der Waals surface area (Å²) in [5.74, 6) is 2.06. The summed E-state index contributed by atoms with van der Waals surface area (Å²) in [6, 6.07) is 16.2. The van der Waals surface area contributed by atoms with Gasteiger partial charge in [-0.05, 0) is 42.2 Å². The molecule has 7 nitrogen and oxygen atoms in total. The van der Waals surface area contributed by atoms with Gasteiger partial charge in [-0.3, -0.25) is 14.4 Å². The molecule has 1 atom stereocenters. The van der Waals surface area contributed by atoms with Gasteiger partial charge in [-0.15, -0.1) is 0 Å². The summed E-state index contributed by atoms with van der Waals surface area (Å²) in [6.45, 7) is 2.95. The Hall–Kier alpha value is -3.32. The van der Waals surface area contributed by atoms with E-state index in [-0.39, 0.29) is 18.5 Å². The minimum absolute atomic E-state index is 0.0521. The van der Waals surface area contributed by atoms with E-state index in [4.69, 9.17) is 9.47 Å². The highest BCUT2D eigenvalue weighted by molar-refractivity contribution is 5.91. The zero-order valence-corrected chi connectivity index (χ0v) is 18.4. The second kappa shape index (κ2) is 8.81. The summed E-state index contributed by atoms with van der Waals surface area (Å²) in [6.07, 6.45) is 0.830. The monoisotopic (exact) mass is 420 g/mol. The standard InChI is InChI=1S/C24H28N4O3/c1-16-12-22(27(2)26-16)25-23(29)15-28-11-10-18-13-20(30-3)21(31-4)14-19(18)24(28)17-8-6-5-7-9-17/h5-9,12-14,24H,10-11,15H2,1-4H3,(H,25,29)/t24-/m0/s1. The Balaban J connectivity index is 1.66. The number of fused-ring (bicyclic) bond motifs is 1. The lowest BCUT2D eigenvalue weighted by atomic mass is 9.87. The molecule has 0 unspecified atom stereocenters. The van der Waals surface area contributed by atoms with Crippen LogP contribution >= 0.6 is 0 Å². The number of nitrogens with zero attached hydrogens (tertiary/aromatic N) is 3. The molecule has 4 rings (SSSR count). The molecule has 0 bridgehead atoms. The molecule has 0 saturated heterocycles. The van der Waals surface area contributed by atoms with Gasteiger partial charge in [0.15, 0.2) is 11.5 Å². The van der Waals surface area contributed by atoms with Crippen molar-refractivity contribution >= 4 is 11.7 Å². The van der Waals surface area contributed by atoms with Gasteiger partial charge in [0.05, 0.1) is 32.5 Å². The maximum Gasteiger partial charge on any atom is 0.239 e. The summed E-state index contributed by atoms with van der Waals surface area (Å²) < 4.78 is 12.8. The molecule has 0 aliphatic carbocycles. The first-order chi connectivity index (χ1) is 15.0. The van der Waals surface area contributed by atoms with E-state index in [9.17, 15) is 4.79 Å². The number of anilines is 1. The number of benzene rings is 2. The third-order valence-corrected chi connectivity index (χ3v) is 5.70. The molecule has 0 saturated carbocycles. The minimum Gasteiger partial charge on any atom is -0.493 e. The molecule has 2 aromatic carbocycles. The summed E-state index contributed by atoms with van der Waals surface area (Å²) in [5, 5.41) is 7.29. The van der Waals surface area contributed by atoms with Crippen LogP contribution in [0, 0.1) is 6.92 Å². The Morgan fingerprint density at radius 1 is 1.13 bits per heavy atom. The number of rotatable bonds is 6. The number of hydrogen-bond donors (Lipinski definition) is 1. The highest BCUT2D eigenvalue weighted by Crippen LogP contribution is 2.40. The van der Waals surface area contributed by atoms with Crippen molar-refractivity contribution in [3.05, 3.63) is 70.9 Å². The van der Waals surface area contributed by atoms with Crippen LogP contribution in [0.25, 0.3) is 0 Å². The van der Waals surface area contributed by atoms with Crippen LogP contribution in [-0.2, 0) is 18.3 Å². The van der Waals surface area contributed by atoms with Crippen LogP contribution < -0.4 is 14.8 Å². The van der Waals surface area contributed by atoms with E-state index in [1.54, 1.807) is 18.9 Å². The van der Waals surface area contributed by atoms with Gasteiger partial charge in [0, 0.05) is 19.7 Å². The number of carbonyl (C=O) groups is 1. The molecule has 1 aliphatic heterocycles. The van der Waals surface area contributed by atoms with Gasteiger partial charge in [-0.1, -0.05) is 30.3 Å². The minimum atomic E-state index is -0.0622. The van der Waals surface area contributed by atoms with E-state index in [0.29, 0.717) is 11.6 Å². The molecule has 31 heavy (non-hydrogen) atoms. The molecule has 7 heteroatoms. The fourth-order valence-electron chi connectivity index (χ4n) is 4.29. The first-order valence-electron chi connectivity index (χ1n) is 10.3. The highest BCUT2D eigenvalue weighted by atomic mass is 16.5. The first-order valence-corrected chi connectivity index (χ1v) is 10.3. The topological polar surface area (TPSA) is 68.6 Å². The Morgan fingerprint density at radius 3 is 2.48 bits per heavy atom. The van der Waals surface area contributed by atoms with Crippen LogP contribution in [0.5, 0.6) is 11.5 Å². The second-order valence-electron chi connectivity index (χ2n) is 7.78. The number of aryl methyl sites for hydroxylation is 2. The predicted octanol–water partition coefficient (Wildman–Crippen LogP) is 3.33. The fourth-order valence-corrected chi connectivity index (χ4v) is 4.29. The Kier molecular flexibility index (Phi) is 5.95. The quantitative estimate of drug-likeness (QED) is 0.663. The number of methoxy groups -OCH3 is 2. The molecular formula is C24H28N4O3. The number of ether oxygens (including phenoxy) is 2.